The standard InChI is InChI=1S/C20H25N3O/c1-15-6-11-19(16(2)14-15)22-20(24)21-17-7-9-18(10-8-17)23-12-4-3-5-13-23/h6-11,14H,3-5,12-13H2,1-2H3,(H2,21,22,24). The number of urea groups is 1. The van der Waals surface area contributed by atoms with E-state index in [1.54, 1.807) is 0 Å². The molecule has 2 aromatic rings. The van der Waals surface area contributed by atoms with Crippen LogP contribution in [0.4, 0.5) is 21.9 Å². The lowest BCUT2D eigenvalue weighted by atomic mass is 10.1. The Bertz CT molecular complexity index is 703. The first-order valence-corrected chi connectivity index (χ1v) is 8.62. The molecule has 3 rings (SSSR count). The molecule has 4 heteroatoms. The van der Waals surface area contributed by atoms with Crippen molar-refractivity contribution in [1.82, 2.24) is 0 Å². The number of piperidine rings is 1. The Kier molecular flexibility index (Phi) is 5.04. The minimum Gasteiger partial charge on any atom is -0.372 e. The highest BCUT2D eigenvalue weighted by atomic mass is 16.2. The molecule has 0 atom stereocenters. The molecule has 24 heavy (non-hydrogen) atoms. The van der Waals surface area contributed by atoms with Crippen LogP contribution in [0.3, 0.4) is 0 Å². The van der Waals surface area contributed by atoms with Gasteiger partial charge in [0.05, 0.1) is 0 Å². The number of rotatable bonds is 3. The first-order chi connectivity index (χ1) is 11.6. The van der Waals surface area contributed by atoms with Gasteiger partial charge in [0.1, 0.15) is 0 Å². The molecule has 0 unspecified atom stereocenters. The highest BCUT2D eigenvalue weighted by molar-refractivity contribution is 6.00. The number of hydrogen-bond donors (Lipinski definition) is 2. The highest BCUT2D eigenvalue weighted by Gasteiger charge is 2.11. The van der Waals surface area contributed by atoms with Crippen molar-refractivity contribution in [2.24, 2.45) is 0 Å². The first kappa shape index (κ1) is 16.4. The van der Waals surface area contributed by atoms with Gasteiger partial charge in [0.2, 0.25) is 0 Å². The minimum absolute atomic E-state index is 0.215. The molecule has 0 bridgehead atoms. The van der Waals surface area contributed by atoms with E-state index in [-0.39, 0.29) is 6.03 Å². The van der Waals surface area contributed by atoms with Gasteiger partial charge in [-0.2, -0.15) is 0 Å². The van der Waals surface area contributed by atoms with Gasteiger partial charge in [-0.3, -0.25) is 0 Å². The summed E-state index contributed by atoms with van der Waals surface area (Å²) in [5.41, 5.74) is 5.12. The summed E-state index contributed by atoms with van der Waals surface area (Å²) >= 11 is 0. The maximum Gasteiger partial charge on any atom is 0.323 e. The lowest BCUT2D eigenvalue weighted by Gasteiger charge is -2.28. The summed E-state index contributed by atoms with van der Waals surface area (Å²) in [6, 6.07) is 13.9. The van der Waals surface area contributed by atoms with Crippen molar-refractivity contribution in [3.8, 4) is 0 Å². The smallest absolute Gasteiger partial charge is 0.323 e. The van der Waals surface area contributed by atoms with E-state index >= 15 is 0 Å². The van der Waals surface area contributed by atoms with Crippen LogP contribution in [0, 0.1) is 13.8 Å². The third-order valence-corrected chi connectivity index (χ3v) is 4.48. The normalized spacial score (nSPS) is 14.3. The van der Waals surface area contributed by atoms with Crippen molar-refractivity contribution in [3.63, 3.8) is 0 Å². The summed E-state index contributed by atoms with van der Waals surface area (Å²) in [7, 11) is 0. The van der Waals surface area contributed by atoms with Crippen LogP contribution in [0.1, 0.15) is 30.4 Å². The summed E-state index contributed by atoms with van der Waals surface area (Å²) in [5.74, 6) is 0. The van der Waals surface area contributed by atoms with Crippen LogP contribution in [0.5, 0.6) is 0 Å². The Labute approximate surface area is 143 Å². The highest BCUT2D eigenvalue weighted by Crippen LogP contribution is 2.22. The molecule has 0 radical (unpaired) electrons. The average molecular weight is 323 g/mol. The number of carbonyl (C=O) groups excluding carboxylic acids is 1. The van der Waals surface area contributed by atoms with E-state index in [1.165, 1.54) is 30.5 Å². The molecule has 1 fully saturated rings. The number of nitrogens with one attached hydrogen (secondary N) is 2. The zero-order valence-corrected chi connectivity index (χ0v) is 14.4. The van der Waals surface area contributed by atoms with Crippen molar-refractivity contribution >= 4 is 23.1 Å². The lowest BCUT2D eigenvalue weighted by molar-refractivity contribution is 0.262. The third kappa shape index (κ3) is 4.07. The van der Waals surface area contributed by atoms with Crippen LogP contribution in [0.15, 0.2) is 42.5 Å². The summed E-state index contributed by atoms with van der Waals surface area (Å²) in [6.45, 7) is 6.29. The van der Waals surface area contributed by atoms with Crippen LogP contribution in [0.2, 0.25) is 0 Å². The summed E-state index contributed by atoms with van der Waals surface area (Å²) < 4.78 is 0. The van der Waals surface area contributed by atoms with Crippen molar-refractivity contribution in [1.29, 1.82) is 0 Å². The average Bonchev–Trinajstić information content (AvgIpc) is 2.59. The largest absolute Gasteiger partial charge is 0.372 e. The number of benzene rings is 2. The van der Waals surface area contributed by atoms with Gasteiger partial charge in [0, 0.05) is 30.2 Å². The fraction of sp³-hybridized carbons (Fsp3) is 0.350. The molecular formula is C20H25N3O. The number of amides is 2. The van der Waals surface area contributed by atoms with E-state index in [9.17, 15) is 4.79 Å². The molecule has 1 heterocycles. The predicted molar refractivity (Wildman–Crippen MR) is 101 cm³/mol. The molecule has 1 saturated heterocycles. The number of anilines is 3. The van der Waals surface area contributed by atoms with Crippen molar-refractivity contribution in [3.05, 3.63) is 53.6 Å². The molecule has 4 nitrogen and oxygen atoms in total. The SMILES string of the molecule is Cc1ccc(NC(=O)Nc2ccc(N3CCCCC3)cc2)c(C)c1. The fourth-order valence-electron chi connectivity index (χ4n) is 3.15. The number of hydrogen-bond acceptors (Lipinski definition) is 2. The van der Waals surface area contributed by atoms with Crippen LogP contribution in [-0.4, -0.2) is 19.1 Å². The molecule has 0 aromatic heterocycles. The second kappa shape index (κ2) is 7.39. The second-order valence-corrected chi connectivity index (χ2v) is 6.49. The number of aryl methyl sites for hydroxylation is 2. The molecule has 2 amide bonds. The zero-order chi connectivity index (χ0) is 16.9. The zero-order valence-electron chi connectivity index (χ0n) is 14.4. The fourth-order valence-corrected chi connectivity index (χ4v) is 3.15. The van der Waals surface area contributed by atoms with Gasteiger partial charge >= 0.3 is 6.03 Å². The molecule has 1 aliphatic heterocycles. The topological polar surface area (TPSA) is 44.4 Å². The van der Waals surface area contributed by atoms with Gasteiger partial charge in [-0.05, 0) is 69.0 Å². The maximum atomic E-state index is 12.2. The second-order valence-electron chi connectivity index (χ2n) is 6.49. The lowest BCUT2D eigenvalue weighted by Crippen LogP contribution is -2.29. The third-order valence-electron chi connectivity index (χ3n) is 4.48. The molecule has 0 aliphatic carbocycles. The summed E-state index contributed by atoms with van der Waals surface area (Å²) in [6.07, 6.45) is 3.85. The van der Waals surface area contributed by atoms with E-state index in [1.807, 2.05) is 38.1 Å². The quantitative estimate of drug-likeness (QED) is 0.840. The van der Waals surface area contributed by atoms with Crippen molar-refractivity contribution < 1.29 is 4.79 Å². The molecule has 0 spiro atoms. The van der Waals surface area contributed by atoms with E-state index in [0.29, 0.717) is 0 Å². The maximum absolute atomic E-state index is 12.2. The molecule has 2 aromatic carbocycles. The van der Waals surface area contributed by atoms with E-state index < -0.39 is 0 Å². The van der Waals surface area contributed by atoms with Gasteiger partial charge in [-0.15, -0.1) is 0 Å². The Morgan fingerprint density at radius 2 is 1.62 bits per heavy atom. The van der Waals surface area contributed by atoms with E-state index in [4.69, 9.17) is 0 Å². The number of carbonyl (C=O) groups is 1. The minimum atomic E-state index is -0.215. The molecule has 1 aliphatic rings. The number of nitrogens with zero attached hydrogens (tertiary/aromatic N) is 1. The molecule has 126 valence electrons. The van der Waals surface area contributed by atoms with Gasteiger partial charge in [0.15, 0.2) is 0 Å². The van der Waals surface area contributed by atoms with Crippen LogP contribution >= 0.6 is 0 Å². The monoisotopic (exact) mass is 323 g/mol. The van der Waals surface area contributed by atoms with Gasteiger partial charge in [0.25, 0.3) is 0 Å². The van der Waals surface area contributed by atoms with Gasteiger partial charge in [-0.1, -0.05) is 17.7 Å². The van der Waals surface area contributed by atoms with Crippen molar-refractivity contribution in [2.45, 2.75) is 33.1 Å². The van der Waals surface area contributed by atoms with Crippen molar-refractivity contribution in [2.75, 3.05) is 28.6 Å². The van der Waals surface area contributed by atoms with Crippen LogP contribution in [-0.2, 0) is 0 Å². The predicted octanol–water partition coefficient (Wildman–Crippen LogP) is 4.94. The Morgan fingerprint density at radius 3 is 2.29 bits per heavy atom. The van der Waals surface area contributed by atoms with E-state index in [0.717, 1.165) is 30.0 Å². The molecular weight excluding hydrogens is 298 g/mol. The van der Waals surface area contributed by atoms with Gasteiger partial charge < -0.3 is 15.5 Å². The summed E-state index contributed by atoms with van der Waals surface area (Å²) in [5, 5.41) is 5.80. The Hall–Kier alpha value is -2.49. The van der Waals surface area contributed by atoms with Gasteiger partial charge in [-0.25, -0.2) is 4.79 Å². The Balaban J connectivity index is 1.59. The molecule has 2 N–H and O–H groups in total. The molecule has 0 saturated carbocycles. The first-order valence-electron chi connectivity index (χ1n) is 8.62. The van der Waals surface area contributed by atoms with E-state index in [2.05, 4.69) is 33.7 Å². The van der Waals surface area contributed by atoms with Crippen LogP contribution < -0.4 is 15.5 Å². The van der Waals surface area contributed by atoms with Crippen LogP contribution in [0.25, 0.3) is 0 Å². The Morgan fingerprint density at radius 1 is 0.917 bits per heavy atom. The summed E-state index contributed by atoms with van der Waals surface area (Å²) in [4.78, 5) is 14.6.